The van der Waals surface area contributed by atoms with E-state index in [0.29, 0.717) is 5.92 Å². The summed E-state index contributed by atoms with van der Waals surface area (Å²) in [5.74, 6) is 0.516. The van der Waals surface area contributed by atoms with Crippen molar-refractivity contribution in [3.63, 3.8) is 0 Å². The topological polar surface area (TPSA) is 66.4 Å². The Hall–Kier alpha value is -0.910. The van der Waals surface area contributed by atoms with E-state index in [1.807, 2.05) is 6.92 Å². The molecule has 0 saturated heterocycles. The molecule has 1 aromatic rings. The zero-order chi connectivity index (χ0) is 12.5. The van der Waals surface area contributed by atoms with Crippen LogP contribution in [0.5, 0.6) is 0 Å². The largest absolute Gasteiger partial charge is 0.377 e. The number of benzene rings is 1. The molecule has 0 radical (unpaired) electrons. The van der Waals surface area contributed by atoms with Crippen LogP contribution in [0.2, 0.25) is 0 Å². The van der Waals surface area contributed by atoms with Gasteiger partial charge in [0.1, 0.15) is 6.23 Å². The van der Waals surface area contributed by atoms with Crippen molar-refractivity contribution >= 4 is 10.0 Å². The van der Waals surface area contributed by atoms with Crippen LogP contribution in [-0.4, -0.2) is 19.8 Å². The molecule has 1 aromatic carbocycles. The van der Waals surface area contributed by atoms with Gasteiger partial charge in [0.2, 0.25) is 10.0 Å². The SMILES string of the molecule is CCC1CC1C(O)NS(=O)(=O)c1ccccc1. The first-order valence-electron chi connectivity index (χ1n) is 5.80. The number of hydrogen-bond donors (Lipinski definition) is 2. The van der Waals surface area contributed by atoms with Crippen molar-refractivity contribution in [1.29, 1.82) is 0 Å². The summed E-state index contributed by atoms with van der Waals surface area (Å²) in [5, 5.41) is 9.80. The summed E-state index contributed by atoms with van der Waals surface area (Å²) in [6.07, 6.45) is 0.911. The molecule has 2 rings (SSSR count). The highest BCUT2D eigenvalue weighted by atomic mass is 32.2. The minimum Gasteiger partial charge on any atom is -0.377 e. The Kier molecular flexibility index (Phi) is 3.51. The van der Waals surface area contributed by atoms with Crippen LogP contribution in [0.25, 0.3) is 0 Å². The molecule has 0 bridgehead atoms. The molecule has 17 heavy (non-hydrogen) atoms. The average molecular weight is 255 g/mol. The van der Waals surface area contributed by atoms with Gasteiger partial charge in [0.05, 0.1) is 4.90 Å². The van der Waals surface area contributed by atoms with Crippen LogP contribution in [0.4, 0.5) is 0 Å². The number of hydrogen-bond acceptors (Lipinski definition) is 3. The number of aliphatic hydroxyl groups is 1. The minimum atomic E-state index is -3.60. The number of sulfonamides is 1. The molecule has 0 spiro atoms. The summed E-state index contributed by atoms with van der Waals surface area (Å²) in [6, 6.07) is 8.10. The Labute approximate surface area is 102 Å². The third-order valence-corrected chi connectivity index (χ3v) is 4.68. The van der Waals surface area contributed by atoms with Gasteiger partial charge in [-0.05, 0) is 24.5 Å². The van der Waals surface area contributed by atoms with Crippen molar-refractivity contribution < 1.29 is 13.5 Å². The van der Waals surface area contributed by atoms with E-state index in [-0.39, 0.29) is 10.8 Å². The molecule has 4 nitrogen and oxygen atoms in total. The Morgan fingerprint density at radius 3 is 2.59 bits per heavy atom. The van der Waals surface area contributed by atoms with Crippen molar-refractivity contribution in [2.45, 2.75) is 30.9 Å². The van der Waals surface area contributed by atoms with Crippen molar-refractivity contribution in [3.8, 4) is 0 Å². The van der Waals surface area contributed by atoms with Crippen LogP contribution in [0.3, 0.4) is 0 Å². The van der Waals surface area contributed by atoms with E-state index in [2.05, 4.69) is 4.72 Å². The molecule has 1 aliphatic carbocycles. The molecule has 3 unspecified atom stereocenters. The maximum absolute atomic E-state index is 11.9. The summed E-state index contributed by atoms with van der Waals surface area (Å²) in [7, 11) is -3.60. The third-order valence-electron chi connectivity index (χ3n) is 3.24. The Morgan fingerprint density at radius 2 is 2.06 bits per heavy atom. The molecule has 0 amide bonds. The Morgan fingerprint density at radius 1 is 1.41 bits per heavy atom. The normalized spacial score (nSPS) is 25.5. The van der Waals surface area contributed by atoms with E-state index >= 15 is 0 Å². The quantitative estimate of drug-likeness (QED) is 0.780. The van der Waals surface area contributed by atoms with E-state index < -0.39 is 16.3 Å². The van der Waals surface area contributed by atoms with Gasteiger partial charge < -0.3 is 5.11 Å². The molecule has 3 atom stereocenters. The predicted octanol–water partition coefficient (Wildman–Crippen LogP) is 1.33. The first-order chi connectivity index (χ1) is 8.04. The van der Waals surface area contributed by atoms with Crippen molar-refractivity contribution in [3.05, 3.63) is 30.3 Å². The lowest BCUT2D eigenvalue weighted by molar-refractivity contribution is 0.133. The lowest BCUT2D eigenvalue weighted by Crippen LogP contribution is -2.36. The lowest BCUT2D eigenvalue weighted by Gasteiger charge is -2.13. The fraction of sp³-hybridized carbons (Fsp3) is 0.500. The highest BCUT2D eigenvalue weighted by molar-refractivity contribution is 7.89. The van der Waals surface area contributed by atoms with Crippen molar-refractivity contribution in [1.82, 2.24) is 4.72 Å². The van der Waals surface area contributed by atoms with E-state index in [1.165, 1.54) is 12.1 Å². The molecular formula is C12H17NO3S. The van der Waals surface area contributed by atoms with Gasteiger partial charge in [-0.15, -0.1) is 0 Å². The molecule has 1 aliphatic rings. The summed E-state index contributed by atoms with van der Waals surface area (Å²) < 4.78 is 26.1. The van der Waals surface area contributed by atoms with Crippen LogP contribution in [-0.2, 0) is 10.0 Å². The number of rotatable bonds is 5. The van der Waals surface area contributed by atoms with E-state index in [4.69, 9.17) is 0 Å². The fourth-order valence-electron chi connectivity index (χ4n) is 2.04. The summed E-state index contributed by atoms with van der Waals surface area (Å²) >= 11 is 0. The maximum atomic E-state index is 11.9. The van der Waals surface area contributed by atoms with Crippen LogP contribution in [0.15, 0.2) is 35.2 Å². The van der Waals surface area contributed by atoms with Crippen LogP contribution >= 0.6 is 0 Å². The third kappa shape index (κ3) is 2.86. The van der Waals surface area contributed by atoms with Crippen LogP contribution in [0.1, 0.15) is 19.8 Å². The summed E-state index contributed by atoms with van der Waals surface area (Å²) in [6.45, 7) is 2.04. The fourth-order valence-corrected chi connectivity index (χ4v) is 3.19. The first kappa shape index (κ1) is 12.5. The second-order valence-corrected chi connectivity index (χ2v) is 6.16. The zero-order valence-corrected chi connectivity index (χ0v) is 10.5. The van der Waals surface area contributed by atoms with Crippen LogP contribution < -0.4 is 4.72 Å². The standard InChI is InChI=1S/C12H17NO3S/c1-2-9-8-11(9)12(14)13-17(15,16)10-6-4-3-5-7-10/h3-7,9,11-14H,2,8H2,1H3. The maximum Gasteiger partial charge on any atom is 0.242 e. The van der Waals surface area contributed by atoms with Crippen molar-refractivity contribution in [2.24, 2.45) is 11.8 Å². The number of aliphatic hydroxyl groups excluding tert-OH is 1. The van der Waals surface area contributed by atoms with Gasteiger partial charge in [-0.25, -0.2) is 8.42 Å². The monoisotopic (exact) mass is 255 g/mol. The molecule has 2 N–H and O–H groups in total. The van der Waals surface area contributed by atoms with Crippen LogP contribution in [0, 0.1) is 11.8 Å². The molecule has 0 aliphatic heterocycles. The second-order valence-electron chi connectivity index (χ2n) is 4.45. The molecule has 1 fully saturated rings. The summed E-state index contributed by atoms with van der Waals surface area (Å²) in [5.41, 5.74) is 0. The van der Waals surface area contributed by atoms with Gasteiger partial charge >= 0.3 is 0 Å². The van der Waals surface area contributed by atoms with Gasteiger partial charge in [-0.2, -0.15) is 4.72 Å². The lowest BCUT2D eigenvalue weighted by atomic mass is 10.2. The Balaban J connectivity index is 2.04. The van der Waals surface area contributed by atoms with E-state index in [1.54, 1.807) is 18.2 Å². The predicted molar refractivity (Wildman–Crippen MR) is 64.7 cm³/mol. The van der Waals surface area contributed by atoms with Gasteiger partial charge in [-0.1, -0.05) is 31.5 Å². The van der Waals surface area contributed by atoms with E-state index in [0.717, 1.165) is 12.8 Å². The van der Waals surface area contributed by atoms with E-state index in [9.17, 15) is 13.5 Å². The first-order valence-corrected chi connectivity index (χ1v) is 7.28. The average Bonchev–Trinajstić information content (AvgIpc) is 3.09. The molecule has 1 saturated carbocycles. The number of nitrogens with one attached hydrogen (secondary N) is 1. The van der Waals surface area contributed by atoms with Gasteiger partial charge in [0, 0.05) is 5.92 Å². The van der Waals surface area contributed by atoms with Crippen molar-refractivity contribution in [2.75, 3.05) is 0 Å². The highest BCUT2D eigenvalue weighted by Crippen LogP contribution is 2.43. The molecule has 0 aromatic heterocycles. The smallest absolute Gasteiger partial charge is 0.242 e. The molecule has 94 valence electrons. The molecular weight excluding hydrogens is 238 g/mol. The van der Waals surface area contributed by atoms with Gasteiger partial charge in [-0.3, -0.25) is 0 Å². The minimum absolute atomic E-state index is 0.0680. The zero-order valence-electron chi connectivity index (χ0n) is 9.70. The Bertz CT molecular complexity index is 472. The summed E-state index contributed by atoms with van der Waals surface area (Å²) in [4.78, 5) is 0.188. The highest BCUT2D eigenvalue weighted by Gasteiger charge is 2.42. The molecule has 5 heteroatoms. The van der Waals surface area contributed by atoms with Gasteiger partial charge in [0.15, 0.2) is 0 Å². The van der Waals surface area contributed by atoms with Gasteiger partial charge in [0.25, 0.3) is 0 Å². The molecule has 0 heterocycles. The second kappa shape index (κ2) is 4.76.